The Morgan fingerprint density at radius 3 is 2.62 bits per heavy atom. The van der Waals surface area contributed by atoms with Gasteiger partial charge in [0.1, 0.15) is 5.82 Å². The number of nitrogens with one attached hydrogen (secondary N) is 1. The maximum absolute atomic E-state index is 13.4. The van der Waals surface area contributed by atoms with Gasteiger partial charge in [0.2, 0.25) is 5.92 Å². The zero-order valence-corrected chi connectivity index (χ0v) is 12.2. The normalized spacial score (nSPS) is 17.9. The molecule has 1 saturated carbocycles. The number of aromatic nitrogens is 2. The average Bonchev–Trinajstić information content (AvgIpc) is 2.35. The van der Waals surface area contributed by atoms with E-state index in [0.717, 1.165) is 10.6 Å². The summed E-state index contributed by atoms with van der Waals surface area (Å²) in [4.78, 5) is 26.5. The van der Waals surface area contributed by atoms with Crippen LogP contribution in [0.25, 0.3) is 10.9 Å². The maximum atomic E-state index is 13.4. The monoisotopic (exact) mass is 362 g/mol. The van der Waals surface area contributed by atoms with Crippen LogP contribution < -0.4 is 11.2 Å². The molecular weight excluding hydrogens is 353 g/mol. The van der Waals surface area contributed by atoms with Gasteiger partial charge in [-0.25, -0.2) is 18.0 Å². The molecule has 8 heteroatoms. The van der Waals surface area contributed by atoms with E-state index in [4.69, 9.17) is 0 Å². The van der Waals surface area contributed by atoms with Gasteiger partial charge in [0, 0.05) is 19.4 Å². The molecule has 0 amide bonds. The maximum Gasteiger partial charge on any atom is 0.328 e. The molecule has 0 atom stereocenters. The van der Waals surface area contributed by atoms with Crippen molar-refractivity contribution in [2.45, 2.75) is 25.3 Å². The lowest BCUT2D eigenvalue weighted by Crippen LogP contribution is -2.43. The number of rotatable bonds is 2. The second-order valence-corrected chi connectivity index (χ2v) is 6.14. The van der Waals surface area contributed by atoms with Crippen LogP contribution in [-0.4, -0.2) is 15.5 Å². The fourth-order valence-electron chi connectivity index (χ4n) is 2.59. The summed E-state index contributed by atoms with van der Waals surface area (Å²) < 4.78 is 40.0. The molecule has 1 aliphatic rings. The molecule has 4 nitrogen and oxygen atoms in total. The SMILES string of the molecule is O=c1[nH]c2cc(F)c(Br)cc2c(=O)n1CC1CC(F)(F)C1. The predicted octanol–water partition coefficient (Wildman–Crippen LogP) is 2.64. The number of hydrogen-bond acceptors (Lipinski definition) is 2. The van der Waals surface area contributed by atoms with Crippen molar-refractivity contribution in [3.8, 4) is 0 Å². The van der Waals surface area contributed by atoms with Crippen molar-refractivity contribution in [1.82, 2.24) is 9.55 Å². The number of alkyl halides is 2. The van der Waals surface area contributed by atoms with E-state index >= 15 is 0 Å². The second-order valence-electron chi connectivity index (χ2n) is 5.29. The molecule has 0 radical (unpaired) electrons. The molecule has 0 saturated heterocycles. The molecule has 21 heavy (non-hydrogen) atoms. The number of nitrogens with zero attached hydrogens (tertiary/aromatic N) is 1. The largest absolute Gasteiger partial charge is 0.328 e. The lowest BCUT2D eigenvalue weighted by Gasteiger charge is -2.34. The molecule has 1 fully saturated rings. The van der Waals surface area contributed by atoms with Crippen molar-refractivity contribution in [3.63, 3.8) is 0 Å². The Morgan fingerprint density at radius 1 is 1.33 bits per heavy atom. The zero-order chi connectivity index (χ0) is 15.4. The van der Waals surface area contributed by atoms with Gasteiger partial charge in [0.25, 0.3) is 5.56 Å². The van der Waals surface area contributed by atoms with Gasteiger partial charge in [0.05, 0.1) is 15.4 Å². The molecule has 1 aliphatic carbocycles. The molecule has 0 aliphatic heterocycles. The van der Waals surface area contributed by atoms with Gasteiger partial charge in [-0.1, -0.05) is 0 Å². The third kappa shape index (κ3) is 2.52. The molecule has 0 unspecified atom stereocenters. The van der Waals surface area contributed by atoms with E-state index < -0.39 is 28.9 Å². The highest BCUT2D eigenvalue weighted by atomic mass is 79.9. The van der Waals surface area contributed by atoms with Gasteiger partial charge in [0.15, 0.2) is 0 Å². The van der Waals surface area contributed by atoms with E-state index in [1.807, 2.05) is 0 Å². The van der Waals surface area contributed by atoms with Crippen molar-refractivity contribution in [2.24, 2.45) is 5.92 Å². The molecule has 0 bridgehead atoms. The number of hydrogen-bond donors (Lipinski definition) is 1. The fraction of sp³-hybridized carbons (Fsp3) is 0.385. The van der Waals surface area contributed by atoms with Crippen molar-refractivity contribution in [3.05, 3.63) is 43.3 Å². The topological polar surface area (TPSA) is 54.9 Å². The highest BCUT2D eigenvalue weighted by Gasteiger charge is 2.45. The molecule has 1 aromatic carbocycles. The Bertz CT molecular complexity index is 836. The fourth-order valence-corrected chi connectivity index (χ4v) is 2.93. The number of aromatic amines is 1. The minimum atomic E-state index is -2.70. The number of fused-ring (bicyclic) bond motifs is 1. The van der Waals surface area contributed by atoms with E-state index in [1.54, 1.807) is 0 Å². The van der Waals surface area contributed by atoms with Gasteiger partial charge >= 0.3 is 5.69 Å². The van der Waals surface area contributed by atoms with Crippen LogP contribution in [0.5, 0.6) is 0 Å². The second kappa shape index (κ2) is 4.72. The average molecular weight is 363 g/mol. The van der Waals surface area contributed by atoms with Gasteiger partial charge in [-0.15, -0.1) is 0 Å². The zero-order valence-electron chi connectivity index (χ0n) is 10.6. The Hall–Kier alpha value is -1.57. The summed E-state index contributed by atoms with van der Waals surface area (Å²) in [6.07, 6.45) is -0.659. The first kappa shape index (κ1) is 14.4. The van der Waals surface area contributed by atoms with Crippen molar-refractivity contribution < 1.29 is 13.2 Å². The third-order valence-corrected chi connectivity index (χ3v) is 4.25. The standard InChI is InChI=1S/C13H10BrF3N2O2/c14-8-1-7-10(2-9(8)15)18-12(21)19(11(7)20)5-6-3-13(16,17)4-6/h1-2,6H,3-5H2,(H,18,21). The molecule has 2 aromatic rings. The van der Waals surface area contributed by atoms with Crippen molar-refractivity contribution >= 4 is 26.8 Å². The van der Waals surface area contributed by atoms with Crippen LogP contribution in [0.4, 0.5) is 13.2 Å². The lowest BCUT2D eigenvalue weighted by molar-refractivity contribution is -0.114. The minimum Gasteiger partial charge on any atom is -0.307 e. The minimum absolute atomic E-state index is 0.0608. The summed E-state index contributed by atoms with van der Waals surface area (Å²) in [5.74, 6) is -3.71. The molecule has 0 spiro atoms. The van der Waals surface area contributed by atoms with Gasteiger partial charge in [-0.2, -0.15) is 0 Å². The van der Waals surface area contributed by atoms with Crippen LogP contribution in [0.3, 0.4) is 0 Å². The third-order valence-electron chi connectivity index (χ3n) is 3.64. The van der Waals surface area contributed by atoms with E-state index in [0.29, 0.717) is 0 Å². The predicted molar refractivity (Wildman–Crippen MR) is 74.2 cm³/mol. The summed E-state index contributed by atoms with van der Waals surface area (Å²) in [6.45, 7) is -0.0608. The molecule has 1 N–H and O–H groups in total. The van der Waals surface area contributed by atoms with Gasteiger partial charge in [-0.3, -0.25) is 9.36 Å². The molecular formula is C13H10BrF3N2O2. The van der Waals surface area contributed by atoms with Crippen LogP contribution >= 0.6 is 15.9 Å². The Kier molecular flexibility index (Phi) is 3.23. The smallest absolute Gasteiger partial charge is 0.307 e. The molecule has 1 aromatic heterocycles. The van der Waals surface area contributed by atoms with Crippen LogP contribution in [0.1, 0.15) is 12.8 Å². The molecule has 3 rings (SSSR count). The first-order valence-electron chi connectivity index (χ1n) is 6.26. The van der Waals surface area contributed by atoms with Crippen LogP contribution in [-0.2, 0) is 6.54 Å². The Balaban J connectivity index is 2.06. The summed E-state index contributed by atoms with van der Waals surface area (Å²) in [5.41, 5.74) is -1.24. The summed E-state index contributed by atoms with van der Waals surface area (Å²) in [5, 5.41) is 0.133. The van der Waals surface area contributed by atoms with Crippen LogP contribution in [0.2, 0.25) is 0 Å². The van der Waals surface area contributed by atoms with Gasteiger partial charge < -0.3 is 4.98 Å². The number of halogens is 4. The highest BCUT2D eigenvalue weighted by molar-refractivity contribution is 9.10. The van der Waals surface area contributed by atoms with E-state index in [1.165, 1.54) is 6.07 Å². The Morgan fingerprint density at radius 2 is 2.00 bits per heavy atom. The number of benzene rings is 1. The number of H-pyrrole nitrogens is 1. The summed E-state index contributed by atoms with van der Waals surface area (Å²) >= 11 is 2.97. The quantitative estimate of drug-likeness (QED) is 0.892. The highest BCUT2D eigenvalue weighted by Crippen LogP contribution is 2.42. The van der Waals surface area contributed by atoms with Crippen molar-refractivity contribution in [2.75, 3.05) is 0 Å². The van der Waals surface area contributed by atoms with Crippen LogP contribution in [0.15, 0.2) is 26.2 Å². The molecule has 1 heterocycles. The molecule has 112 valence electrons. The lowest BCUT2D eigenvalue weighted by atomic mass is 9.81. The summed E-state index contributed by atoms with van der Waals surface area (Å²) in [6, 6.07) is 2.32. The van der Waals surface area contributed by atoms with Crippen LogP contribution in [0, 0.1) is 11.7 Å². The van der Waals surface area contributed by atoms with E-state index in [9.17, 15) is 22.8 Å². The first-order chi connectivity index (χ1) is 9.77. The van der Waals surface area contributed by atoms with E-state index in [-0.39, 0.29) is 34.8 Å². The van der Waals surface area contributed by atoms with Gasteiger partial charge in [-0.05, 0) is 34.0 Å². The Labute approximate surface area is 124 Å². The van der Waals surface area contributed by atoms with Crippen molar-refractivity contribution in [1.29, 1.82) is 0 Å². The summed E-state index contributed by atoms with van der Waals surface area (Å²) in [7, 11) is 0. The first-order valence-corrected chi connectivity index (χ1v) is 7.06. The van der Waals surface area contributed by atoms with E-state index in [2.05, 4.69) is 20.9 Å².